The number of aromatic nitrogens is 1. The van der Waals surface area contributed by atoms with E-state index in [1.54, 1.807) is 128 Å². The van der Waals surface area contributed by atoms with Crippen molar-refractivity contribution >= 4 is 70.9 Å². The third-order valence-corrected chi connectivity index (χ3v) is 19.0. The number of aliphatic hydroxyl groups excluding tert-OH is 1. The van der Waals surface area contributed by atoms with Crippen molar-refractivity contribution in [1.82, 2.24) is 65.9 Å². The Morgan fingerprint density at radius 3 is 1.56 bits per heavy atom. The van der Waals surface area contributed by atoms with Crippen LogP contribution < -0.4 is 26.6 Å². The Labute approximate surface area is 624 Å². The molecule has 0 bridgehead atoms. The van der Waals surface area contributed by atoms with Crippen LogP contribution in [-0.4, -0.2) is 263 Å². The van der Waals surface area contributed by atoms with Gasteiger partial charge in [0.05, 0.1) is 50.7 Å². The van der Waals surface area contributed by atoms with E-state index in [9.17, 15) is 38.3 Å². The minimum atomic E-state index is -1.74. The summed E-state index contributed by atoms with van der Waals surface area (Å²) in [7, 11) is 8.04. The van der Waals surface area contributed by atoms with Gasteiger partial charge in [0, 0.05) is 74.4 Å². The minimum Gasteiger partial charge on any atom is -0.391 e. The van der Waals surface area contributed by atoms with Crippen LogP contribution in [0.25, 0.3) is 0 Å². The first-order chi connectivity index (χ1) is 49.7. The molecule has 0 saturated carbocycles. The van der Waals surface area contributed by atoms with Crippen LogP contribution in [0.1, 0.15) is 138 Å². The molecule has 106 heavy (non-hydrogen) atoms. The number of pyridine rings is 1. The predicted molar refractivity (Wildman–Crippen MR) is 395 cm³/mol. The van der Waals surface area contributed by atoms with Gasteiger partial charge in [-0.15, -0.1) is 0 Å². The van der Waals surface area contributed by atoms with Crippen molar-refractivity contribution in [3.05, 3.63) is 102 Å². The van der Waals surface area contributed by atoms with Crippen molar-refractivity contribution in [2.75, 3.05) is 75.1 Å². The monoisotopic (exact) mass is 1480 g/mol. The average molecular weight is 1480 g/mol. The van der Waals surface area contributed by atoms with Crippen molar-refractivity contribution in [2.45, 2.75) is 213 Å². The summed E-state index contributed by atoms with van der Waals surface area (Å²) in [5.74, 6) is -12.4. The van der Waals surface area contributed by atoms with E-state index in [2.05, 4.69) is 31.6 Å². The van der Waals surface area contributed by atoms with Crippen LogP contribution in [0.2, 0.25) is 0 Å². The number of rotatable bonds is 18. The summed E-state index contributed by atoms with van der Waals surface area (Å²) >= 11 is 0. The van der Waals surface area contributed by atoms with E-state index in [4.69, 9.17) is 9.47 Å². The minimum absolute atomic E-state index is 0.0385. The van der Waals surface area contributed by atoms with E-state index in [-0.39, 0.29) is 49.7 Å². The first kappa shape index (κ1) is 87.7. The predicted octanol–water partition coefficient (Wildman–Crippen LogP) is 3.26. The molecule has 2 aliphatic rings. The molecule has 5 rings (SSSR count). The zero-order chi connectivity index (χ0) is 79.2. The van der Waals surface area contributed by atoms with E-state index in [0.29, 0.717) is 37.1 Å². The molecular formula is C77H116FN13O15. The molecule has 12 amide bonds. The molecule has 3 aromatic rings. The van der Waals surface area contributed by atoms with E-state index < -0.39 is 187 Å². The summed E-state index contributed by atoms with van der Waals surface area (Å²) < 4.78 is 26.6. The number of halogens is 1. The second-order valence-electron chi connectivity index (χ2n) is 30.6. The van der Waals surface area contributed by atoms with Crippen molar-refractivity contribution < 1.29 is 76.5 Å². The highest BCUT2D eigenvalue weighted by molar-refractivity contribution is 6.00. The normalized spacial score (nSPS) is 24.3. The topological polar surface area (TPSA) is 339 Å². The first-order valence-electron chi connectivity index (χ1n) is 36.7. The van der Waals surface area contributed by atoms with Gasteiger partial charge in [0.2, 0.25) is 70.9 Å². The van der Waals surface area contributed by atoms with Crippen molar-refractivity contribution in [3.63, 3.8) is 0 Å². The molecule has 28 nitrogen and oxygen atoms in total. The molecule has 3 heterocycles. The Morgan fingerprint density at radius 1 is 0.547 bits per heavy atom. The largest absolute Gasteiger partial charge is 0.391 e. The van der Waals surface area contributed by atoms with Gasteiger partial charge in [-0.25, -0.2) is 4.39 Å². The van der Waals surface area contributed by atoms with Crippen LogP contribution in [0, 0.1) is 29.5 Å². The lowest BCUT2D eigenvalue weighted by Gasteiger charge is -2.38. The van der Waals surface area contributed by atoms with Crippen LogP contribution in [0.5, 0.6) is 0 Å². The molecule has 6 N–H and O–H groups in total. The van der Waals surface area contributed by atoms with E-state index in [1.165, 1.54) is 65.2 Å². The molecule has 0 spiro atoms. The molecule has 2 aliphatic heterocycles. The summed E-state index contributed by atoms with van der Waals surface area (Å²) in [6, 6.07) is 3.84. The molecule has 0 aliphatic carbocycles. The van der Waals surface area contributed by atoms with Gasteiger partial charge in [0.1, 0.15) is 66.2 Å². The van der Waals surface area contributed by atoms with Crippen LogP contribution in [-0.2, 0) is 86.5 Å². The van der Waals surface area contributed by atoms with Crippen molar-refractivity contribution in [3.8, 4) is 0 Å². The number of carbonyl (C=O) groups is 12. The van der Waals surface area contributed by atoms with Gasteiger partial charge in [-0.05, 0) is 106 Å². The Bertz CT molecular complexity index is 3480. The van der Waals surface area contributed by atoms with Gasteiger partial charge < -0.3 is 75.5 Å². The number of ether oxygens (including phenoxy) is 2. The summed E-state index contributed by atoms with van der Waals surface area (Å²) in [6.45, 7) is 18.9. The Balaban J connectivity index is 1.71. The number of carbonyl (C=O) groups excluding carboxylic acids is 12. The number of hydrogen-bond donors (Lipinski definition) is 6. The fraction of sp³-hybridized carbons (Fsp3) is 0.623. The zero-order valence-corrected chi connectivity index (χ0v) is 65.2. The van der Waals surface area contributed by atoms with Gasteiger partial charge in [-0.3, -0.25) is 62.5 Å². The molecule has 11 atom stereocenters. The smallest absolute Gasteiger partial charge is 0.248 e. The molecule has 1 aromatic heterocycles. The highest BCUT2D eigenvalue weighted by atomic mass is 19.1. The number of likely N-dealkylation sites (N-methyl/N-ethyl adjacent to an activating group) is 6. The van der Waals surface area contributed by atoms with Crippen LogP contribution in [0.15, 0.2) is 79.1 Å². The number of likely N-dealkylation sites (tertiary alicyclic amines) is 1. The summed E-state index contributed by atoms with van der Waals surface area (Å²) in [5, 5.41) is 25.1. The number of hydrogen-bond acceptors (Lipinski definition) is 16. The molecule has 2 saturated heterocycles. The zero-order valence-electron chi connectivity index (χ0n) is 65.2. The standard InChI is InChI=1S/C77H116FN13O15/c1-46(2)34-58-67(95)82-57(45-106-77(10,11)12)72(100)89(17)61(38-52-30-24-20-25-31-52)74(102)90(18)66(49(7)8)70(98)80-55(73(101)91-32-26-21-27-33-91)39-62(93)83-64(48(5)6)76(104)88(16)60(37-51-28-22-19-23-29-51)68(96)81-56(44-105-43-53-36-54(78)41-79-40-53)71(99)87(15)59(35-47(3)4)69(97)84-65(50(9)92)75(103)85(13)42-63(94)86(58)14/h19-20,22-25,28-31,36,40-41,46-50,55-61,64-66,92H,21,26-27,32-35,37-39,42-45H2,1-18H3,(H,80,98)(H,81,96)(H,82,95)(H,83,93)(H,84,97)/t50-,55+,56+,57+,58+,59+,60?,61+,64-,65+,66+/m1/s1. The van der Waals surface area contributed by atoms with E-state index in [0.717, 1.165) is 38.3 Å². The van der Waals surface area contributed by atoms with Gasteiger partial charge in [-0.2, -0.15) is 0 Å². The van der Waals surface area contributed by atoms with E-state index >= 15 is 28.8 Å². The SMILES string of the molecule is CC(C)C[C@H]1C(=O)N[C@@H](COC(C)(C)C)C(=O)N(C)[C@@H](Cc2ccccc2)C(=O)N(C)[C@@H](C(C)C)C(=O)N[C@H](C(=O)N2CCCCC2)CC(=O)N[C@H](C(C)C)C(=O)N(C)C(Cc2ccccc2)C(=O)N[C@@H](COCc2cncc(F)c2)C(=O)N(C)[C@@H](CC(C)C)C(=O)N[C@@H]([C@@H](C)O)C(=O)N(C)CC(=O)N1C. The third-order valence-electron chi connectivity index (χ3n) is 19.0. The lowest BCUT2D eigenvalue weighted by Crippen LogP contribution is -2.63. The first-order valence-corrected chi connectivity index (χ1v) is 36.7. The van der Waals surface area contributed by atoms with Crippen LogP contribution in [0.3, 0.4) is 0 Å². The summed E-state index contributed by atoms with van der Waals surface area (Å²) in [4.78, 5) is 193. The summed E-state index contributed by atoms with van der Waals surface area (Å²) in [5.41, 5.74) is 0.570. The molecular weight excluding hydrogens is 1370 g/mol. The number of amides is 12. The Kier molecular flexibility index (Phi) is 33.6. The maximum Gasteiger partial charge on any atom is 0.248 e. The fourth-order valence-electron chi connectivity index (χ4n) is 12.9. The highest BCUT2D eigenvalue weighted by Crippen LogP contribution is 2.23. The van der Waals surface area contributed by atoms with Gasteiger partial charge in [-0.1, -0.05) is 116 Å². The highest BCUT2D eigenvalue weighted by Gasteiger charge is 2.44. The fourth-order valence-corrected chi connectivity index (χ4v) is 12.9. The quantitative estimate of drug-likeness (QED) is 0.106. The molecule has 29 heteroatoms. The second-order valence-corrected chi connectivity index (χ2v) is 30.6. The maximum atomic E-state index is 15.6. The molecule has 586 valence electrons. The third kappa shape index (κ3) is 25.6. The van der Waals surface area contributed by atoms with Gasteiger partial charge >= 0.3 is 0 Å². The maximum absolute atomic E-state index is 15.6. The number of benzene rings is 2. The number of nitrogens with zero attached hydrogens (tertiary/aromatic N) is 8. The van der Waals surface area contributed by atoms with Gasteiger partial charge in [0.15, 0.2) is 0 Å². The number of nitrogens with one attached hydrogen (secondary N) is 5. The van der Waals surface area contributed by atoms with Crippen molar-refractivity contribution in [2.24, 2.45) is 23.7 Å². The number of piperidine rings is 1. The summed E-state index contributed by atoms with van der Waals surface area (Å²) in [6.07, 6.45) is 1.87. The molecule has 1 unspecified atom stereocenters. The van der Waals surface area contributed by atoms with Gasteiger partial charge in [0.25, 0.3) is 0 Å². The van der Waals surface area contributed by atoms with Crippen LogP contribution >= 0.6 is 0 Å². The Hall–Kier alpha value is -8.96. The second kappa shape index (κ2) is 40.7. The average Bonchev–Trinajstić information content (AvgIpc) is 0.812. The number of aliphatic hydroxyl groups is 1. The lowest BCUT2D eigenvalue weighted by atomic mass is 9.97. The lowest BCUT2D eigenvalue weighted by molar-refractivity contribution is -0.152. The molecule has 2 aromatic carbocycles. The molecule has 2 fully saturated rings. The van der Waals surface area contributed by atoms with Crippen LogP contribution in [0.4, 0.5) is 4.39 Å². The van der Waals surface area contributed by atoms with Crippen molar-refractivity contribution in [1.29, 1.82) is 0 Å². The van der Waals surface area contributed by atoms with E-state index in [1.807, 2.05) is 13.8 Å². The molecule has 0 radical (unpaired) electrons. The Morgan fingerprint density at radius 2 is 1.05 bits per heavy atom.